The number of thioether (sulfide) groups is 1. The van der Waals surface area contributed by atoms with Gasteiger partial charge in [-0.1, -0.05) is 11.6 Å². The van der Waals surface area contributed by atoms with Gasteiger partial charge in [0.05, 0.1) is 18.4 Å². The van der Waals surface area contributed by atoms with Crippen LogP contribution in [-0.4, -0.2) is 21.9 Å². The lowest BCUT2D eigenvalue weighted by molar-refractivity contribution is 0.201. The molecule has 1 unspecified atom stereocenters. The van der Waals surface area contributed by atoms with Gasteiger partial charge in [-0.2, -0.15) is 0 Å². The van der Waals surface area contributed by atoms with Crippen LogP contribution < -0.4 is 4.74 Å². The summed E-state index contributed by atoms with van der Waals surface area (Å²) in [4.78, 5) is 5.18. The summed E-state index contributed by atoms with van der Waals surface area (Å²) >= 11 is 7.42. The highest BCUT2D eigenvalue weighted by Gasteiger charge is 2.10. The number of rotatable bonds is 6. The Balaban J connectivity index is 1.96. The maximum atomic E-state index is 10.3. The Morgan fingerprint density at radius 2 is 1.95 bits per heavy atom. The number of aliphatic hydroxyl groups excluding tert-OH is 1. The van der Waals surface area contributed by atoms with Crippen LogP contribution in [-0.2, 0) is 0 Å². The van der Waals surface area contributed by atoms with Crippen LogP contribution in [0.15, 0.2) is 47.6 Å². The molecule has 1 heterocycles. The zero-order chi connectivity index (χ0) is 15.2. The number of aromatic nitrogens is 1. The standard InChI is InChI=1S/C16H18ClNO2S/c1-11(2)20-14-7-12(8-18-9-14)16(19)10-21-15-5-3-13(17)4-6-15/h3-9,11,16,19H,10H2,1-2H3. The van der Waals surface area contributed by atoms with Crippen LogP contribution in [0, 0.1) is 0 Å². The van der Waals surface area contributed by atoms with Crippen molar-refractivity contribution in [2.45, 2.75) is 31.0 Å². The van der Waals surface area contributed by atoms with E-state index >= 15 is 0 Å². The van der Waals surface area contributed by atoms with Crippen molar-refractivity contribution in [1.82, 2.24) is 4.98 Å². The predicted molar refractivity (Wildman–Crippen MR) is 87.1 cm³/mol. The Kier molecular flexibility index (Phi) is 5.91. The smallest absolute Gasteiger partial charge is 0.138 e. The van der Waals surface area contributed by atoms with E-state index in [9.17, 15) is 5.11 Å². The summed E-state index contributed by atoms with van der Waals surface area (Å²) in [5.41, 5.74) is 0.759. The number of aliphatic hydroxyl groups is 1. The first-order valence-corrected chi connectivity index (χ1v) is 8.09. The minimum Gasteiger partial charge on any atom is -0.489 e. The van der Waals surface area contributed by atoms with Gasteiger partial charge in [-0.05, 0) is 44.2 Å². The summed E-state index contributed by atoms with van der Waals surface area (Å²) in [6, 6.07) is 9.40. The Bertz CT molecular complexity index is 575. The highest BCUT2D eigenvalue weighted by Crippen LogP contribution is 2.27. The minimum absolute atomic E-state index is 0.0858. The molecule has 0 aliphatic carbocycles. The van der Waals surface area contributed by atoms with Crippen LogP contribution in [0.25, 0.3) is 0 Å². The highest BCUT2D eigenvalue weighted by atomic mass is 35.5. The summed E-state index contributed by atoms with van der Waals surface area (Å²) in [5, 5.41) is 11.0. The van der Waals surface area contributed by atoms with E-state index in [1.54, 1.807) is 24.2 Å². The third kappa shape index (κ3) is 5.23. The van der Waals surface area contributed by atoms with Crippen molar-refractivity contribution in [3.05, 3.63) is 53.3 Å². The van der Waals surface area contributed by atoms with Gasteiger partial charge in [-0.3, -0.25) is 4.98 Å². The summed E-state index contributed by atoms with van der Waals surface area (Å²) in [6.07, 6.45) is 2.82. The molecule has 1 aromatic heterocycles. The molecule has 21 heavy (non-hydrogen) atoms. The number of hydrogen-bond donors (Lipinski definition) is 1. The number of benzene rings is 1. The predicted octanol–water partition coefficient (Wildman–Crippen LogP) is 4.35. The van der Waals surface area contributed by atoms with E-state index in [2.05, 4.69) is 4.98 Å². The van der Waals surface area contributed by atoms with Crippen molar-refractivity contribution < 1.29 is 9.84 Å². The third-order valence-electron chi connectivity index (χ3n) is 2.71. The van der Waals surface area contributed by atoms with Gasteiger partial charge in [-0.15, -0.1) is 11.8 Å². The molecular weight excluding hydrogens is 306 g/mol. The molecule has 0 spiro atoms. The molecule has 0 saturated carbocycles. The lowest BCUT2D eigenvalue weighted by Crippen LogP contribution is -2.07. The van der Waals surface area contributed by atoms with Gasteiger partial charge in [0, 0.05) is 27.4 Å². The molecule has 0 bridgehead atoms. The molecule has 0 radical (unpaired) electrons. The van der Waals surface area contributed by atoms with Crippen molar-refractivity contribution in [3.63, 3.8) is 0 Å². The van der Waals surface area contributed by atoms with Gasteiger partial charge < -0.3 is 9.84 Å². The van der Waals surface area contributed by atoms with E-state index in [1.807, 2.05) is 44.2 Å². The summed E-state index contributed by atoms with van der Waals surface area (Å²) in [5.74, 6) is 1.23. The van der Waals surface area contributed by atoms with E-state index in [0.717, 1.165) is 10.5 Å². The van der Waals surface area contributed by atoms with Gasteiger partial charge in [0.15, 0.2) is 0 Å². The van der Waals surface area contributed by atoms with E-state index in [1.165, 1.54) is 0 Å². The Hall–Kier alpha value is -1.23. The van der Waals surface area contributed by atoms with Crippen LogP contribution in [0.5, 0.6) is 5.75 Å². The van der Waals surface area contributed by atoms with Crippen molar-refractivity contribution >= 4 is 23.4 Å². The van der Waals surface area contributed by atoms with Crippen molar-refractivity contribution in [3.8, 4) is 5.75 Å². The van der Waals surface area contributed by atoms with E-state index in [-0.39, 0.29) is 6.10 Å². The monoisotopic (exact) mass is 323 g/mol. The van der Waals surface area contributed by atoms with E-state index < -0.39 is 6.10 Å². The Morgan fingerprint density at radius 1 is 1.24 bits per heavy atom. The molecule has 2 aromatic rings. The molecule has 1 N–H and O–H groups in total. The van der Waals surface area contributed by atoms with E-state index in [4.69, 9.17) is 16.3 Å². The molecule has 0 fully saturated rings. The average Bonchev–Trinajstić information content (AvgIpc) is 2.46. The molecule has 112 valence electrons. The second-order valence-corrected chi connectivity index (χ2v) is 6.43. The van der Waals surface area contributed by atoms with Crippen molar-refractivity contribution in [2.75, 3.05) is 5.75 Å². The quantitative estimate of drug-likeness (QED) is 0.803. The maximum Gasteiger partial charge on any atom is 0.138 e. The molecule has 0 saturated heterocycles. The zero-order valence-electron chi connectivity index (χ0n) is 12.0. The Labute approximate surface area is 134 Å². The molecule has 2 rings (SSSR count). The van der Waals surface area contributed by atoms with Crippen LogP contribution >= 0.6 is 23.4 Å². The molecule has 0 amide bonds. The zero-order valence-corrected chi connectivity index (χ0v) is 13.6. The lowest BCUT2D eigenvalue weighted by atomic mass is 10.2. The second kappa shape index (κ2) is 7.69. The third-order valence-corrected chi connectivity index (χ3v) is 4.05. The first-order chi connectivity index (χ1) is 10.0. The lowest BCUT2D eigenvalue weighted by Gasteiger charge is -2.13. The maximum absolute atomic E-state index is 10.3. The summed E-state index contributed by atoms with van der Waals surface area (Å²) < 4.78 is 5.59. The number of hydrogen-bond acceptors (Lipinski definition) is 4. The molecule has 1 aromatic carbocycles. The van der Waals surface area contributed by atoms with Gasteiger partial charge in [-0.25, -0.2) is 0 Å². The van der Waals surface area contributed by atoms with Gasteiger partial charge >= 0.3 is 0 Å². The topological polar surface area (TPSA) is 42.4 Å². The van der Waals surface area contributed by atoms with Crippen molar-refractivity contribution in [2.24, 2.45) is 0 Å². The van der Waals surface area contributed by atoms with Gasteiger partial charge in [0.1, 0.15) is 5.75 Å². The van der Waals surface area contributed by atoms with Crippen LogP contribution in [0.2, 0.25) is 5.02 Å². The summed E-state index contributed by atoms with van der Waals surface area (Å²) in [7, 11) is 0. The number of halogens is 1. The second-order valence-electron chi connectivity index (χ2n) is 4.90. The largest absolute Gasteiger partial charge is 0.489 e. The number of pyridine rings is 1. The van der Waals surface area contributed by atoms with Crippen LogP contribution in [0.4, 0.5) is 0 Å². The molecule has 3 nitrogen and oxygen atoms in total. The molecule has 5 heteroatoms. The van der Waals surface area contributed by atoms with Gasteiger partial charge in [0.25, 0.3) is 0 Å². The average molecular weight is 324 g/mol. The normalized spacial score (nSPS) is 12.4. The first-order valence-electron chi connectivity index (χ1n) is 6.72. The molecular formula is C16H18ClNO2S. The highest BCUT2D eigenvalue weighted by molar-refractivity contribution is 7.99. The fourth-order valence-corrected chi connectivity index (χ4v) is 2.75. The van der Waals surface area contributed by atoms with Crippen molar-refractivity contribution in [1.29, 1.82) is 0 Å². The molecule has 1 atom stereocenters. The fraction of sp³-hybridized carbons (Fsp3) is 0.312. The Morgan fingerprint density at radius 3 is 2.62 bits per heavy atom. The van der Waals surface area contributed by atoms with Crippen LogP contribution in [0.1, 0.15) is 25.5 Å². The number of nitrogens with zero attached hydrogens (tertiary/aromatic N) is 1. The number of ether oxygens (including phenoxy) is 1. The van der Waals surface area contributed by atoms with E-state index in [0.29, 0.717) is 16.5 Å². The SMILES string of the molecule is CC(C)Oc1cncc(C(O)CSc2ccc(Cl)cc2)c1. The fourth-order valence-electron chi connectivity index (χ4n) is 1.76. The van der Waals surface area contributed by atoms with Gasteiger partial charge in [0.2, 0.25) is 0 Å². The minimum atomic E-state index is -0.589. The molecule has 0 aliphatic rings. The molecule has 0 aliphatic heterocycles. The first kappa shape index (κ1) is 16.1. The summed E-state index contributed by atoms with van der Waals surface area (Å²) in [6.45, 7) is 3.92. The van der Waals surface area contributed by atoms with Crippen LogP contribution in [0.3, 0.4) is 0 Å².